The lowest BCUT2D eigenvalue weighted by Crippen LogP contribution is -2.13. The minimum atomic E-state index is -0.670. The Kier molecular flexibility index (Phi) is 4.85. The monoisotopic (exact) mass is 407 g/mol. The van der Waals surface area contributed by atoms with E-state index in [9.17, 15) is 14.7 Å². The molecule has 0 spiro atoms. The molecule has 1 aromatic carbocycles. The van der Waals surface area contributed by atoms with Crippen molar-refractivity contribution in [2.75, 3.05) is 11.1 Å². The van der Waals surface area contributed by atoms with E-state index in [4.69, 9.17) is 10.2 Å². The third-order valence-corrected chi connectivity index (χ3v) is 4.80. The fraction of sp³-hybridized carbons (Fsp3) is 0.0909. The van der Waals surface area contributed by atoms with Crippen LogP contribution in [0.1, 0.15) is 33.3 Å². The molecule has 4 rings (SSSR count). The molecule has 8 heteroatoms. The first-order chi connectivity index (χ1) is 14.4. The van der Waals surface area contributed by atoms with Gasteiger partial charge in [0.15, 0.2) is 11.6 Å². The number of rotatable bonds is 5. The van der Waals surface area contributed by atoms with E-state index < -0.39 is 11.7 Å². The summed E-state index contributed by atoms with van der Waals surface area (Å²) in [6.45, 7) is 1.05. The third-order valence-electron chi connectivity index (χ3n) is 4.80. The van der Waals surface area contributed by atoms with Gasteiger partial charge in [-0.3, -0.25) is 9.59 Å². The molecule has 0 aliphatic rings. The Morgan fingerprint density at radius 3 is 2.70 bits per heavy atom. The highest BCUT2D eigenvalue weighted by Crippen LogP contribution is 2.31. The number of pyridine rings is 1. The van der Waals surface area contributed by atoms with Crippen LogP contribution in [0.3, 0.4) is 0 Å². The number of hydrogen-bond acceptors (Lipinski definition) is 5. The molecular formula is C22H18FN3O4. The fourth-order valence-corrected chi connectivity index (χ4v) is 3.35. The number of furan rings is 1. The molecule has 0 saturated heterocycles. The van der Waals surface area contributed by atoms with E-state index in [2.05, 4.69) is 5.32 Å². The Morgan fingerprint density at radius 2 is 2.03 bits per heavy atom. The number of carbonyl (C=O) groups is 2. The van der Waals surface area contributed by atoms with E-state index in [1.807, 2.05) is 0 Å². The van der Waals surface area contributed by atoms with Gasteiger partial charge in [0.1, 0.15) is 0 Å². The molecule has 0 aliphatic carbocycles. The van der Waals surface area contributed by atoms with Crippen LogP contribution in [0.15, 0.2) is 59.5 Å². The van der Waals surface area contributed by atoms with E-state index in [0.29, 0.717) is 28.0 Å². The molecule has 3 heterocycles. The van der Waals surface area contributed by atoms with E-state index in [0.717, 1.165) is 0 Å². The highest BCUT2D eigenvalue weighted by Gasteiger charge is 2.21. The molecule has 30 heavy (non-hydrogen) atoms. The number of aromatic nitrogens is 1. The SMILES string of the molecule is CC(=O)c1cc(C(=O)Nc2cc(CO)cc(-c3ccoc3)c2F)c2cc(N)ccn12. The number of nitrogen functional groups attached to an aromatic ring is 1. The maximum atomic E-state index is 15.1. The molecule has 0 saturated carbocycles. The molecule has 4 N–H and O–H groups in total. The highest BCUT2D eigenvalue weighted by atomic mass is 19.1. The Balaban J connectivity index is 1.79. The Labute approximate surface area is 170 Å². The molecule has 3 aromatic heterocycles. The zero-order valence-electron chi connectivity index (χ0n) is 16.0. The number of nitrogens with one attached hydrogen (secondary N) is 1. The normalized spacial score (nSPS) is 11.0. The van der Waals surface area contributed by atoms with Gasteiger partial charge in [0, 0.05) is 29.9 Å². The van der Waals surface area contributed by atoms with Crippen LogP contribution in [0.4, 0.5) is 15.8 Å². The van der Waals surface area contributed by atoms with Gasteiger partial charge in [0.2, 0.25) is 0 Å². The van der Waals surface area contributed by atoms with Crippen molar-refractivity contribution in [2.45, 2.75) is 13.5 Å². The zero-order valence-corrected chi connectivity index (χ0v) is 16.0. The van der Waals surface area contributed by atoms with Crippen LogP contribution < -0.4 is 11.1 Å². The minimum absolute atomic E-state index is 0.102. The van der Waals surface area contributed by atoms with Gasteiger partial charge in [-0.25, -0.2) is 4.39 Å². The predicted molar refractivity (Wildman–Crippen MR) is 110 cm³/mol. The van der Waals surface area contributed by atoms with Gasteiger partial charge < -0.3 is 25.0 Å². The van der Waals surface area contributed by atoms with Gasteiger partial charge in [-0.05, 0) is 42.0 Å². The van der Waals surface area contributed by atoms with Gasteiger partial charge >= 0.3 is 0 Å². The number of amides is 1. The topological polar surface area (TPSA) is 110 Å². The summed E-state index contributed by atoms with van der Waals surface area (Å²) in [4.78, 5) is 25.0. The predicted octanol–water partition coefficient (Wildman–Crippen LogP) is 3.87. The number of nitrogens with zero attached hydrogens (tertiary/aromatic N) is 1. The van der Waals surface area contributed by atoms with Gasteiger partial charge in [0.05, 0.1) is 41.6 Å². The maximum Gasteiger partial charge on any atom is 0.257 e. The Morgan fingerprint density at radius 1 is 1.23 bits per heavy atom. The summed E-state index contributed by atoms with van der Waals surface area (Å²) >= 11 is 0. The average Bonchev–Trinajstić information content (AvgIpc) is 3.37. The minimum Gasteiger partial charge on any atom is -0.472 e. The quantitative estimate of drug-likeness (QED) is 0.435. The second kappa shape index (κ2) is 7.49. The van der Waals surface area contributed by atoms with Crippen LogP contribution in [0, 0.1) is 5.82 Å². The average molecular weight is 407 g/mol. The number of anilines is 2. The van der Waals surface area contributed by atoms with Crippen molar-refractivity contribution >= 4 is 28.6 Å². The van der Waals surface area contributed by atoms with Gasteiger partial charge in [-0.2, -0.15) is 0 Å². The third kappa shape index (κ3) is 3.33. The van der Waals surface area contributed by atoms with Crippen LogP contribution >= 0.6 is 0 Å². The van der Waals surface area contributed by atoms with Crippen molar-refractivity contribution in [1.29, 1.82) is 0 Å². The number of carbonyl (C=O) groups excluding carboxylic acids is 2. The number of hydrogen-bond donors (Lipinski definition) is 3. The second-order valence-corrected chi connectivity index (χ2v) is 6.84. The van der Waals surface area contributed by atoms with Crippen LogP contribution in [-0.4, -0.2) is 21.2 Å². The first-order valence-electron chi connectivity index (χ1n) is 9.07. The van der Waals surface area contributed by atoms with Crippen LogP contribution in [0.2, 0.25) is 0 Å². The Hall–Kier alpha value is -3.91. The van der Waals surface area contributed by atoms with Crippen molar-refractivity contribution < 1.29 is 23.5 Å². The van der Waals surface area contributed by atoms with E-state index in [-0.39, 0.29) is 29.2 Å². The number of Topliss-reactive ketones (excluding diaryl/α,β-unsaturated/α-hetero) is 1. The molecule has 0 fully saturated rings. The number of nitrogens with two attached hydrogens (primary N) is 1. The maximum absolute atomic E-state index is 15.1. The second-order valence-electron chi connectivity index (χ2n) is 6.84. The fourth-order valence-electron chi connectivity index (χ4n) is 3.35. The summed E-state index contributed by atoms with van der Waals surface area (Å²) in [6, 6.07) is 9.04. The molecule has 0 bridgehead atoms. The number of aliphatic hydroxyl groups is 1. The first-order valence-corrected chi connectivity index (χ1v) is 9.07. The van der Waals surface area contributed by atoms with Crippen LogP contribution in [0.25, 0.3) is 16.6 Å². The standard InChI is InChI=1S/C22H18FN3O4/c1-12(28)19-9-17(20-8-15(24)2-4-26(19)20)22(29)25-18-7-13(10-27)6-16(21(18)23)14-3-5-30-11-14/h2-9,11,27H,10,24H2,1H3,(H,25,29). The number of ketones is 1. The number of fused-ring (bicyclic) bond motifs is 1. The summed E-state index contributed by atoms with van der Waals surface area (Å²) in [6.07, 6.45) is 4.37. The highest BCUT2D eigenvalue weighted by molar-refractivity contribution is 6.11. The molecule has 7 nitrogen and oxygen atoms in total. The van der Waals surface area contributed by atoms with Crippen LogP contribution in [0.5, 0.6) is 0 Å². The molecule has 152 valence electrons. The van der Waals surface area contributed by atoms with Crippen molar-refractivity contribution in [3.05, 3.63) is 77.8 Å². The summed E-state index contributed by atoms with van der Waals surface area (Å²) < 4.78 is 21.7. The van der Waals surface area contributed by atoms with E-state index >= 15 is 4.39 Å². The van der Waals surface area contributed by atoms with E-state index in [1.165, 1.54) is 37.6 Å². The molecule has 0 atom stereocenters. The molecule has 0 unspecified atom stereocenters. The lowest BCUT2D eigenvalue weighted by atomic mass is 10.0. The Bertz CT molecular complexity index is 1280. The smallest absolute Gasteiger partial charge is 0.257 e. The summed E-state index contributed by atoms with van der Waals surface area (Å²) in [7, 11) is 0. The van der Waals surface area contributed by atoms with Crippen LogP contribution in [-0.2, 0) is 6.61 Å². The largest absolute Gasteiger partial charge is 0.472 e. The summed E-state index contributed by atoms with van der Waals surface area (Å²) in [5.41, 5.74) is 8.12. The van der Waals surface area contributed by atoms with Gasteiger partial charge in [-0.1, -0.05) is 0 Å². The lowest BCUT2D eigenvalue weighted by Gasteiger charge is -2.11. The number of halogens is 1. The first kappa shape index (κ1) is 19.4. The molecule has 1 amide bonds. The number of aliphatic hydroxyl groups excluding tert-OH is 1. The molecule has 0 radical (unpaired) electrons. The molecular weight excluding hydrogens is 389 g/mol. The number of benzene rings is 1. The molecule has 4 aromatic rings. The van der Waals surface area contributed by atoms with Crippen molar-refractivity contribution in [1.82, 2.24) is 4.40 Å². The summed E-state index contributed by atoms with van der Waals surface area (Å²) in [5.74, 6) is -1.51. The summed E-state index contributed by atoms with van der Waals surface area (Å²) in [5, 5.41) is 12.1. The zero-order chi connectivity index (χ0) is 21.4. The lowest BCUT2D eigenvalue weighted by molar-refractivity contribution is 0.101. The van der Waals surface area contributed by atoms with Gasteiger partial charge in [0.25, 0.3) is 5.91 Å². The van der Waals surface area contributed by atoms with Crippen molar-refractivity contribution in [3.8, 4) is 11.1 Å². The molecule has 0 aliphatic heterocycles. The van der Waals surface area contributed by atoms with Crippen molar-refractivity contribution in [3.63, 3.8) is 0 Å². The van der Waals surface area contributed by atoms with E-state index in [1.54, 1.807) is 28.8 Å². The van der Waals surface area contributed by atoms with Gasteiger partial charge in [-0.15, -0.1) is 0 Å². The van der Waals surface area contributed by atoms with Crippen molar-refractivity contribution in [2.24, 2.45) is 0 Å².